The van der Waals surface area contributed by atoms with Crippen molar-refractivity contribution in [3.8, 4) is 0 Å². The average molecular weight is 291 g/mol. The van der Waals surface area contributed by atoms with E-state index < -0.39 is 0 Å². The number of rotatable bonds is 6. The molecule has 0 aliphatic carbocycles. The van der Waals surface area contributed by atoms with Crippen molar-refractivity contribution in [2.45, 2.75) is 39.7 Å². The Morgan fingerprint density at radius 1 is 1.14 bits per heavy atom. The molecule has 4 heteroatoms. The van der Waals surface area contributed by atoms with Crippen LogP contribution in [-0.2, 0) is 16.7 Å². The molecule has 0 heterocycles. The van der Waals surface area contributed by atoms with Gasteiger partial charge in [0.15, 0.2) is 5.96 Å². The van der Waals surface area contributed by atoms with Crippen molar-refractivity contribution in [2.24, 2.45) is 4.99 Å². The van der Waals surface area contributed by atoms with E-state index in [4.69, 9.17) is 4.74 Å². The fraction of sp³-hybridized carbons (Fsp3) is 0.588. The number of benzene rings is 1. The summed E-state index contributed by atoms with van der Waals surface area (Å²) in [4.78, 5) is 4.20. The van der Waals surface area contributed by atoms with Gasteiger partial charge in [-0.25, -0.2) is 0 Å². The van der Waals surface area contributed by atoms with E-state index in [9.17, 15) is 0 Å². The highest BCUT2D eigenvalue weighted by Crippen LogP contribution is 2.22. The molecular formula is C17H29N3O. The Morgan fingerprint density at radius 2 is 1.81 bits per heavy atom. The van der Waals surface area contributed by atoms with Crippen molar-refractivity contribution in [3.05, 3.63) is 35.4 Å². The van der Waals surface area contributed by atoms with Gasteiger partial charge in [0.2, 0.25) is 0 Å². The molecule has 21 heavy (non-hydrogen) atoms. The first-order chi connectivity index (χ1) is 9.97. The summed E-state index contributed by atoms with van der Waals surface area (Å²) in [7, 11) is 1.78. The summed E-state index contributed by atoms with van der Waals surface area (Å²) in [6, 6.07) is 8.73. The Labute approximate surface area is 129 Å². The lowest BCUT2D eigenvalue weighted by atomic mass is 9.87. The van der Waals surface area contributed by atoms with E-state index in [1.54, 1.807) is 7.05 Å². The number of aliphatic imine (C=N–C) groups is 1. The minimum absolute atomic E-state index is 0.197. The zero-order valence-electron chi connectivity index (χ0n) is 14.0. The Morgan fingerprint density at radius 3 is 2.33 bits per heavy atom. The minimum atomic E-state index is 0.197. The number of ether oxygens (including phenoxy) is 1. The van der Waals surface area contributed by atoms with Crippen molar-refractivity contribution in [1.29, 1.82) is 0 Å². The molecule has 4 nitrogen and oxygen atoms in total. The summed E-state index contributed by atoms with van der Waals surface area (Å²) in [5.74, 6) is 0.801. The van der Waals surface area contributed by atoms with Gasteiger partial charge in [-0.1, -0.05) is 45.0 Å². The van der Waals surface area contributed by atoms with E-state index in [1.165, 1.54) is 11.1 Å². The van der Waals surface area contributed by atoms with Crippen LogP contribution in [0, 0.1) is 0 Å². The highest BCUT2D eigenvalue weighted by atomic mass is 16.5. The van der Waals surface area contributed by atoms with E-state index in [0.717, 1.165) is 25.7 Å². The number of guanidine groups is 1. The van der Waals surface area contributed by atoms with Crippen LogP contribution in [-0.4, -0.2) is 32.8 Å². The van der Waals surface area contributed by atoms with Crippen LogP contribution in [0.2, 0.25) is 0 Å². The highest BCUT2D eigenvalue weighted by molar-refractivity contribution is 5.79. The number of nitrogens with zero attached hydrogens (tertiary/aromatic N) is 1. The molecule has 0 saturated heterocycles. The second-order valence-corrected chi connectivity index (χ2v) is 6.00. The molecule has 1 rings (SSSR count). The summed E-state index contributed by atoms with van der Waals surface area (Å²) in [5, 5.41) is 6.53. The standard InChI is InChI=1S/C17H29N3O/c1-6-21-12-11-19-16(18-5)20-13-14-7-9-15(10-8-14)17(2,3)4/h7-10H,6,11-13H2,1-5H3,(H2,18,19,20). The average Bonchev–Trinajstić information content (AvgIpc) is 2.46. The molecular weight excluding hydrogens is 262 g/mol. The largest absolute Gasteiger partial charge is 0.380 e. The van der Waals surface area contributed by atoms with Gasteiger partial charge in [0.25, 0.3) is 0 Å². The summed E-state index contributed by atoms with van der Waals surface area (Å²) >= 11 is 0. The SMILES string of the molecule is CCOCCNC(=NC)NCc1ccc(C(C)(C)C)cc1. The molecule has 0 atom stereocenters. The van der Waals surface area contributed by atoms with Gasteiger partial charge >= 0.3 is 0 Å². The maximum Gasteiger partial charge on any atom is 0.191 e. The van der Waals surface area contributed by atoms with Crippen molar-refractivity contribution in [3.63, 3.8) is 0 Å². The first kappa shape index (κ1) is 17.5. The topological polar surface area (TPSA) is 45.6 Å². The molecule has 0 spiro atoms. The molecule has 0 unspecified atom stereocenters. The zero-order valence-corrected chi connectivity index (χ0v) is 14.0. The van der Waals surface area contributed by atoms with Gasteiger partial charge in [0, 0.05) is 26.7 Å². The molecule has 0 radical (unpaired) electrons. The van der Waals surface area contributed by atoms with Crippen LogP contribution in [0.25, 0.3) is 0 Å². The molecule has 0 aliphatic heterocycles. The molecule has 118 valence electrons. The van der Waals surface area contributed by atoms with Crippen LogP contribution in [0.5, 0.6) is 0 Å². The third-order valence-corrected chi connectivity index (χ3v) is 3.25. The van der Waals surface area contributed by atoms with Gasteiger partial charge in [-0.3, -0.25) is 4.99 Å². The van der Waals surface area contributed by atoms with Gasteiger partial charge in [0.1, 0.15) is 0 Å². The van der Waals surface area contributed by atoms with Gasteiger partial charge in [0.05, 0.1) is 6.61 Å². The third-order valence-electron chi connectivity index (χ3n) is 3.25. The molecule has 1 aromatic carbocycles. The van der Waals surface area contributed by atoms with E-state index in [-0.39, 0.29) is 5.41 Å². The smallest absolute Gasteiger partial charge is 0.191 e. The van der Waals surface area contributed by atoms with E-state index >= 15 is 0 Å². The molecule has 0 fully saturated rings. The van der Waals surface area contributed by atoms with Crippen LogP contribution in [0.1, 0.15) is 38.8 Å². The van der Waals surface area contributed by atoms with E-state index in [0.29, 0.717) is 6.61 Å². The quantitative estimate of drug-likeness (QED) is 0.481. The Hall–Kier alpha value is -1.55. The Bertz CT molecular complexity index is 432. The summed E-state index contributed by atoms with van der Waals surface area (Å²) in [6.07, 6.45) is 0. The first-order valence-corrected chi connectivity index (χ1v) is 7.59. The molecule has 1 aromatic rings. The fourth-order valence-corrected chi connectivity index (χ4v) is 1.91. The van der Waals surface area contributed by atoms with Crippen molar-refractivity contribution < 1.29 is 4.74 Å². The zero-order chi connectivity index (χ0) is 15.7. The van der Waals surface area contributed by atoms with Crippen LogP contribution in [0.15, 0.2) is 29.3 Å². The van der Waals surface area contributed by atoms with Crippen molar-refractivity contribution >= 4 is 5.96 Å². The molecule has 0 aliphatic rings. The van der Waals surface area contributed by atoms with Crippen LogP contribution in [0.4, 0.5) is 0 Å². The Kier molecular flexibility index (Phi) is 7.23. The summed E-state index contributed by atoms with van der Waals surface area (Å²) in [5.41, 5.74) is 2.80. The normalized spacial score (nSPS) is 12.3. The summed E-state index contributed by atoms with van der Waals surface area (Å²) in [6.45, 7) is 11.6. The second-order valence-electron chi connectivity index (χ2n) is 6.00. The summed E-state index contributed by atoms with van der Waals surface area (Å²) < 4.78 is 5.29. The third kappa shape index (κ3) is 6.63. The monoisotopic (exact) mass is 291 g/mol. The lowest BCUT2D eigenvalue weighted by Gasteiger charge is -2.19. The minimum Gasteiger partial charge on any atom is -0.380 e. The van der Waals surface area contributed by atoms with Crippen LogP contribution < -0.4 is 10.6 Å². The lowest BCUT2D eigenvalue weighted by molar-refractivity contribution is 0.152. The fourth-order valence-electron chi connectivity index (χ4n) is 1.91. The maximum atomic E-state index is 5.29. The molecule has 0 aromatic heterocycles. The van der Waals surface area contributed by atoms with Crippen LogP contribution in [0.3, 0.4) is 0 Å². The van der Waals surface area contributed by atoms with Gasteiger partial charge in [-0.05, 0) is 23.5 Å². The van der Waals surface area contributed by atoms with Gasteiger partial charge in [-0.2, -0.15) is 0 Å². The predicted molar refractivity (Wildman–Crippen MR) is 89.8 cm³/mol. The van der Waals surface area contributed by atoms with E-state index in [2.05, 4.69) is 60.7 Å². The molecule has 0 amide bonds. The first-order valence-electron chi connectivity index (χ1n) is 7.59. The Balaban J connectivity index is 2.43. The highest BCUT2D eigenvalue weighted by Gasteiger charge is 2.12. The van der Waals surface area contributed by atoms with Crippen LogP contribution >= 0.6 is 0 Å². The predicted octanol–water partition coefficient (Wildman–Crippen LogP) is 2.69. The maximum absolute atomic E-state index is 5.29. The molecule has 0 bridgehead atoms. The number of nitrogens with one attached hydrogen (secondary N) is 2. The number of hydrogen-bond donors (Lipinski definition) is 2. The van der Waals surface area contributed by atoms with Gasteiger partial charge < -0.3 is 15.4 Å². The molecule has 0 saturated carbocycles. The number of hydrogen-bond acceptors (Lipinski definition) is 2. The van der Waals surface area contributed by atoms with E-state index in [1.807, 2.05) is 6.92 Å². The van der Waals surface area contributed by atoms with Crippen molar-refractivity contribution in [1.82, 2.24) is 10.6 Å². The second kappa shape index (κ2) is 8.67. The van der Waals surface area contributed by atoms with Crippen molar-refractivity contribution in [2.75, 3.05) is 26.8 Å². The van der Waals surface area contributed by atoms with Gasteiger partial charge in [-0.15, -0.1) is 0 Å². The molecule has 2 N–H and O–H groups in total. The lowest BCUT2D eigenvalue weighted by Crippen LogP contribution is -2.38.